The van der Waals surface area contributed by atoms with Gasteiger partial charge in [-0.25, -0.2) is 15.0 Å². The second kappa shape index (κ2) is 6.88. The number of aliphatic hydroxyl groups excluding tert-OH is 2. The van der Waals surface area contributed by atoms with Crippen molar-refractivity contribution in [2.24, 2.45) is 5.41 Å². The Balaban J connectivity index is 1.67. The standard InChI is InChI=1S/C18H27N5O2/c24-9-14(10-25)23-13-21-15-16(19-12-20-17(15)23)22-8-4-7-18(11-22)5-2-1-3-6-18/h12-14,24-25H,1-11H2. The average molecular weight is 345 g/mol. The monoisotopic (exact) mass is 345 g/mol. The Labute approximate surface area is 147 Å². The van der Waals surface area contributed by atoms with Crippen LogP contribution >= 0.6 is 0 Å². The fourth-order valence-corrected chi connectivity index (χ4v) is 4.67. The van der Waals surface area contributed by atoms with Crippen molar-refractivity contribution < 1.29 is 10.2 Å². The smallest absolute Gasteiger partial charge is 0.165 e. The first-order valence-corrected chi connectivity index (χ1v) is 9.40. The summed E-state index contributed by atoms with van der Waals surface area (Å²) >= 11 is 0. The van der Waals surface area contributed by atoms with Gasteiger partial charge < -0.3 is 19.7 Å². The van der Waals surface area contributed by atoms with E-state index >= 15 is 0 Å². The highest BCUT2D eigenvalue weighted by atomic mass is 16.3. The summed E-state index contributed by atoms with van der Waals surface area (Å²) in [6.45, 7) is 1.77. The van der Waals surface area contributed by atoms with Crippen LogP contribution in [0.4, 0.5) is 5.82 Å². The van der Waals surface area contributed by atoms with E-state index in [1.807, 2.05) is 0 Å². The molecule has 25 heavy (non-hydrogen) atoms. The molecule has 1 saturated carbocycles. The molecule has 0 amide bonds. The number of fused-ring (bicyclic) bond motifs is 1. The van der Waals surface area contributed by atoms with Gasteiger partial charge in [0.2, 0.25) is 0 Å². The van der Waals surface area contributed by atoms with Gasteiger partial charge in [0.15, 0.2) is 17.0 Å². The molecule has 3 heterocycles. The molecule has 0 radical (unpaired) electrons. The molecule has 2 aromatic heterocycles. The third kappa shape index (κ3) is 3.00. The largest absolute Gasteiger partial charge is 0.394 e. The summed E-state index contributed by atoms with van der Waals surface area (Å²) in [5, 5.41) is 19.0. The summed E-state index contributed by atoms with van der Waals surface area (Å²) in [4.78, 5) is 15.8. The van der Waals surface area contributed by atoms with Crippen LogP contribution in [0.15, 0.2) is 12.7 Å². The number of aliphatic hydroxyl groups is 2. The Kier molecular flexibility index (Phi) is 4.60. The van der Waals surface area contributed by atoms with Gasteiger partial charge in [0.05, 0.1) is 25.6 Å². The van der Waals surface area contributed by atoms with Crippen molar-refractivity contribution in [1.82, 2.24) is 19.5 Å². The van der Waals surface area contributed by atoms with Crippen molar-refractivity contribution in [3.05, 3.63) is 12.7 Å². The lowest BCUT2D eigenvalue weighted by molar-refractivity contribution is 0.156. The molecule has 1 saturated heterocycles. The Morgan fingerprint density at radius 1 is 1.00 bits per heavy atom. The first-order valence-electron chi connectivity index (χ1n) is 9.40. The minimum atomic E-state index is -0.418. The summed E-state index contributed by atoms with van der Waals surface area (Å²) in [5.41, 5.74) is 1.89. The second-order valence-corrected chi connectivity index (χ2v) is 7.63. The zero-order valence-electron chi connectivity index (χ0n) is 14.6. The van der Waals surface area contributed by atoms with E-state index in [1.165, 1.54) is 44.9 Å². The Hall–Kier alpha value is -1.73. The molecule has 7 nitrogen and oxygen atoms in total. The van der Waals surface area contributed by atoms with Crippen LogP contribution < -0.4 is 4.90 Å². The molecule has 0 bridgehead atoms. The van der Waals surface area contributed by atoms with Gasteiger partial charge in [0.1, 0.15) is 6.33 Å². The second-order valence-electron chi connectivity index (χ2n) is 7.63. The van der Waals surface area contributed by atoms with E-state index in [0.717, 1.165) is 24.4 Å². The topological polar surface area (TPSA) is 87.3 Å². The maximum Gasteiger partial charge on any atom is 0.165 e. The summed E-state index contributed by atoms with van der Waals surface area (Å²) in [7, 11) is 0. The number of aromatic nitrogens is 4. The number of imidazole rings is 1. The Morgan fingerprint density at radius 2 is 1.76 bits per heavy atom. The van der Waals surface area contributed by atoms with Crippen molar-refractivity contribution in [3.8, 4) is 0 Å². The Morgan fingerprint density at radius 3 is 2.52 bits per heavy atom. The quantitative estimate of drug-likeness (QED) is 0.880. The lowest BCUT2D eigenvalue weighted by Gasteiger charge is -2.45. The lowest BCUT2D eigenvalue weighted by atomic mass is 9.69. The highest BCUT2D eigenvalue weighted by molar-refractivity contribution is 5.83. The maximum absolute atomic E-state index is 9.48. The molecular weight excluding hydrogens is 318 g/mol. The molecule has 0 atom stereocenters. The maximum atomic E-state index is 9.48. The molecule has 2 N–H and O–H groups in total. The lowest BCUT2D eigenvalue weighted by Crippen LogP contribution is -2.44. The highest BCUT2D eigenvalue weighted by Gasteiger charge is 2.37. The van der Waals surface area contributed by atoms with Crippen molar-refractivity contribution in [2.45, 2.75) is 51.0 Å². The van der Waals surface area contributed by atoms with Crippen LogP contribution in [0.1, 0.15) is 51.0 Å². The number of anilines is 1. The third-order valence-corrected chi connectivity index (χ3v) is 6.03. The summed E-state index contributed by atoms with van der Waals surface area (Å²) < 4.78 is 1.75. The van der Waals surface area contributed by atoms with E-state index in [0.29, 0.717) is 11.1 Å². The molecule has 1 aliphatic carbocycles. The first kappa shape index (κ1) is 16.7. The van der Waals surface area contributed by atoms with Crippen molar-refractivity contribution in [3.63, 3.8) is 0 Å². The van der Waals surface area contributed by atoms with Crippen molar-refractivity contribution in [2.75, 3.05) is 31.2 Å². The van der Waals surface area contributed by atoms with Crippen LogP contribution in [0.5, 0.6) is 0 Å². The van der Waals surface area contributed by atoms with Gasteiger partial charge in [-0.2, -0.15) is 0 Å². The zero-order chi connectivity index (χ0) is 17.3. The molecular formula is C18H27N5O2. The third-order valence-electron chi connectivity index (χ3n) is 6.03. The number of nitrogens with zero attached hydrogens (tertiary/aromatic N) is 5. The molecule has 2 aliphatic rings. The molecule has 1 spiro atoms. The van der Waals surface area contributed by atoms with E-state index in [4.69, 9.17) is 0 Å². The van der Waals surface area contributed by atoms with E-state index in [9.17, 15) is 10.2 Å². The molecule has 0 aromatic carbocycles. The average Bonchev–Trinajstić information content (AvgIpc) is 3.08. The van der Waals surface area contributed by atoms with E-state index in [2.05, 4.69) is 19.9 Å². The SMILES string of the molecule is OCC(CO)n1cnc2c(N3CCCC4(CCCCC4)C3)ncnc21. The molecule has 1 aliphatic heterocycles. The minimum absolute atomic E-state index is 0.145. The molecule has 0 unspecified atom stereocenters. The molecule has 2 fully saturated rings. The Bertz CT molecular complexity index is 716. The predicted molar refractivity (Wildman–Crippen MR) is 95.5 cm³/mol. The van der Waals surface area contributed by atoms with Crippen LogP contribution in [0.2, 0.25) is 0 Å². The normalized spacial score (nSPS) is 20.7. The van der Waals surface area contributed by atoms with Crippen LogP contribution in [0.3, 0.4) is 0 Å². The van der Waals surface area contributed by atoms with Crippen molar-refractivity contribution in [1.29, 1.82) is 0 Å². The van der Waals surface area contributed by atoms with Crippen LogP contribution in [0, 0.1) is 5.41 Å². The van der Waals surface area contributed by atoms with E-state index < -0.39 is 6.04 Å². The molecule has 7 heteroatoms. The first-order chi connectivity index (χ1) is 12.3. The minimum Gasteiger partial charge on any atom is -0.394 e. The van der Waals surface area contributed by atoms with Crippen LogP contribution in [-0.4, -0.2) is 56.0 Å². The van der Waals surface area contributed by atoms with Crippen LogP contribution in [-0.2, 0) is 0 Å². The number of hydrogen-bond donors (Lipinski definition) is 2. The van der Waals surface area contributed by atoms with Gasteiger partial charge in [-0.15, -0.1) is 0 Å². The van der Waals surface area contributed by atoms with E-state index in [-0.39, 0.29) is 13.2 Å². The summed E-state index contributed by atoms with van der Waals surface area (Å²) in [5.74, 6) is 0.892. The van der Waals surface area contributed by atoms with Gasteiger partial charge in [0.25, 0.3) is 0 Å². The summed E-state index contributed by atoms with van der Waals surface area (Å²) in [6, 6.07) is -0.418. The zero-order valence-corrected chi connectivity index (χ0v) is 14.6. The fraction of sp³-hybridized carbons (Fsp3) is 0.722. The predicted octanol–water partition coefficient (Wildman–Crippen LogP) is 1.90. The van der Waals surface area contributed by atoms with Gasteiger partial charge >= 0.3 is 0 Å². The van der Waals surface area contributed by atoms with Crippen LogP contribution in [0.25, 0.3) is 11.2 Å². The number of rotatable bonds is 4. The summed E-state index contributed by atoms with van der Waals surface area (Å²) in [6.07, 6.45) is 12.4. The fourth-order valence-electron chi connectivity index (χ4n) is 4.67. The van der Waals surface area contributed by atoms with Gasteiger partial charge in [0, 0.05) is 13.1 Å². The number of hydrogen-bond acceptors (Lipinski definition) is 6. The highest BCUT2D eigenvalue weighted by Crippen LogP contribution is 2.44. The molecule has 4 rings (SSSR count). The van der Waals surface area contributed by atoms with Gasteiger partial charge in [-0.1, -0.05) is 19.3 Å². The molecule has 2 aromatic rings. The van der Waals surface area contributed by atoms with Gasteiger partial charge in [-0.05, 0) is 31.1 Å². The van der Waals surface area contributed by atoms with E-state index in [1.54, 1.807) is 17.2 Å². The number of piperidine rings is 1. The molecule has 136 valence electrons. The van der Waals surface area contributed by atoms with Gasteiger partial charge in [-0.3, -0.25) is 0 Å². The van der Waals surface area contributed by atoms with Crippen molar-refractivity contribution >= 4 is 17.0 Å².